The van der Waals surface area contributed by atoms with E-state index in [1.165, 1.54) is 7.11 Å². The Morgan fingerprint density at radius 1 is 1.14 bits per heavy atom. The molecule has 2 aromatic carbocycles. The maximum Gasteiger partial charge on any atom is 0.333 e. The minimum absolute atomic E-state index is 0.360. The zero-order chi connectivity index (χ0) is 14.7. The number of rotatable bonds is 4. The number of anilines is 1. The van der Waals surface area contributed by atoms with E-state index in [4.69, 9.17) is 4.74 Å². The van der Waals surface area contributed by atoms with E-state index >= 15 is 0 Å². The van der Waals surface area contributed by atoms with Gasteiger partial charge in [-0.15, -0.1) is 0 Å². The number of hydrogen-bond acceptors (Lipinski definition) is 4. The molecule has 0 saturated carbocycles. The molecule has 2 N–H and O–H groups in total. The number of methoxy groups -OCH3 is 1. The fourth-order valence-corrected chi connectivity index (χ4v) is 2.20. The van der Waals surface area contributed by atoms with Gasteiger partial charge in [-0.2, -0.15) is 0 Å². The van der Waals surface area contributed by atoms with Gasteiger partial charge in [0.25, 0.3) is 0 Å². The summed E-state index contributed by atoms with van der Waals surface area (Å²) in [6.07, 6.45) is 0. The molecule has 3 aromatic rings. The number of ether oxygens (including phenoxy) is 1. The summed E-state index contributed by atoms with van der Waals surface area (Å²) in [7, 11) is 1.37. The Bertz CT molecular complexity index is 719. The molecule has 106 valence electrons. The van der Waals surface area contributed by atoms with Crippen molar-refractivity contribution in [3.8, 4) is 0 Å². The summed E-state index contributed by atoms with van der Waals surface area (Å²) in [5.74, 6) is 0.178. The fraction of sp³-hybridized carbons (Fsp3) is 0.125. The highest BCUT2D eigenvalue weighted by Crippen LogP contribution is 2.21. The lowest BCUT2D eigenvalue weighted by Crippen LogP contribution is -2.22. The molecule has 1 atom stereocenters. The average molecular weight is 281 g/mol. The number of aromatic nitrogens is 2. The van der Waals surface area contributed by atoms with Gasteiger partial charge in [-0.3, -0.25) is 0 Å². The normalized spacial score (nSPS) is 12.0. The summed E-state index contributed by atoms with van der Waals surface area (Å²) in [5, 5.41) is 3.09. The van der Waals surface area contributed by atoms with Crippen LogP contribution in [0.15, 0.2) is 54.6 Å². The topological polar surface area (TPSA) is 67.0 Å². The molecule has 5 nitrogen and oxygen atoms in total. The summed E-state index contributed by atoms with van der Waals surface area (Å²) >= 11 is 0. The summed E-state index contributed by atoms with van der Waals surface area (Å²) < 4.78 is 4.87. The average Bonchev–Trinajstić information content (AvgIpc) is 2.95. The second kappa shape index (κ2) is 5.66. The molecule has 0 aliphatic rings. The third kappa shape index (κ3) is 2.72. The first-order valence-corrected chi connectivity index (χ1v) is 6.62. The summed E-state index contributed by atoms with van der Waals surface area (Å²) in [6, 6.07) is 16.5. The van der Waals surface area contributed by atoms with Crippen molar-refractivity contribution in [3.05, 3.63) is 60.2 Å². The summed E-state index contributed by atoms with van der Waals surface area (Å²) in [4.78, 5) is 19.6. The monoisotopic (exact) mass is 281 g/mol. The van der Waals surface area contributed by atoms with Crippen molar-refractivity contribution in [2.75, 3.05) is 12.4 Å². The number of imidazole rings is 1. The van der Waals surface area contributed by atoms with E-state index < -0.39 is 6.04 Å². The van der Waals surface area contributed by atoms with Gasteiger partial charge in [0.1, 0.15) is 0 Å². The predicted octanol–water partition coefficient (Wildman–Crippen LogP) is 2.89. The Hall–Kier alpha value is -2.82. The first-order chi connectivity index (χ1) is 10.3. The zero-order valence-electron chi connectivity index (χ0n) is 11.5. The van der Waals surface area contributed by atoms with Crippen LogP contribution < -0.4 is 5.32 Å². The number of para-hydroxylation sites is 2. The largest absolute Gasteiger partial charge is 0.467 e. The van der Waals surface area contributed by atoms with Gasteiger partial charge in [-0.25, -0.2) is 9.78 Å². The van der Waals surface area contributed by atoms with Gasteiger partial charge in [0.2, 0.25) is 5.95 Å². The van der Waals surface area contributed by atoms with Crippen LogP contribution in [0, 0.1) is 0 Å². The first kappa shape index (κ1) is 13.2. The van der Waals surface area contributed by atoms with Crippen molar-refractivity contribution < 1.29 is 9.53 Å². The van der Waals surface area contributed by atoms with Crippen LogP contribution in [0.1, 0.15) is 11.6 Å². The maximum atomic E-state index is 12.0. The Kier molecular flexibility index (Phi) is 3.55. The standard InChI is InChI=1S/C16H15N3O2/c1-21-15(20)14(11-7-3-2-4-8-11)19-16-17-12-9-5-6-10-13(12)18-16/h2-10,14H,1H3,(H2,17,18,19). The molecule has 0 radical (unpaired) electrons. The minimum Gasteiger partial charge on any atom is -0.467 e. The number of nitrogens with one attached hydrogen (secondary N) is 2. The van der Waals surface area contributed by atoms with Crippen LogP contribution in [-0.2, 0) is 9.53 Å². The smallest absolute Gasteiger partial charge is 0.333 e. The number of aromatic amines is 1. The van der Waals surface area contributed by atoms with E-state index in [0.29, 0.717) is 5.95 Å². The van der Waals surface area contributed by atoms with Crippen LogP contribution >= 0.6 is 0 Å². The molecule has 1 heterocycles. The van der Waals surface area contributed by atoms with Crippen molar-refractivity contribution >= 4 is 23.0 Å². The Morgan fingerprint density at radius 2 is 1.86 bits per heavy atom. The van der Waals surface area contributed by atoms with Crippen molar-refractivity contribution in [1.82, 2.24) is 9.97 Å². The lowest BCUT2D eigenvalue weighted by molar-refractivity contribution is -0.141. The number of H-pyrrole nitrogens is 1. The molecule has 0 saturated heterocycles. The van der Waals surface area contributed by atoms with E-state index in [9.17, 15) is 4.79 Å². The predicted molar refractivity (Wildman–Crippen MR) is 80.9 cm³/mol. The van der Waals surface area contributed by atoms with E-state index in [0.717, 1.165) is 16.6 Å². The lowest BCUT2D eigenvalue weighted by Gasteiger charge is -2.16. The second-order valence-electron chi connectivity index (χ2n) is 4.61. The summed E-state index contributed by atoms with van der Waals surface area (Å²) in [5.41, 5.74) is 2.58. The number of hydrogen-bond donors (Lipinski definition) is 2. The number of nitrogens with zero attached hydrogens (tertiary/aromatic N) is 1. The Morgan fingerprint density at radius 3 is 2.57 bits per heavy atom. The SMILES string of the molecule is COC(=O)C(Nc1nc2ccccc2[nH]1)c1ccccc1. The Labute approximate surface area is 122 Å². The number of carbonyl (C=O) groups is 1. The molecule has 3 rings (SSSR count). The molecule has 0 aliphatic heterocycles. The van der Waals surface area contributed by atoms with Gasteiger partial charge < -0.3 is 15.0 Å². The number of carbonyl (C=O) groups excluding carboxylic acids is 1. The molecule has 1 unspecified atom stereocenters. The zero-order valence-corrected chi connectivity index (χ0v) is 11.5. The molecule has 0 fully saturated rings. The third-order valence-corrected chi connectivity index (χ3v) is 3.24. The maximum absolute atomic E-state index is 12.0. The van der Waals surface area contributed by atoms with Crippen LogP contribution in [0.3, 0.4) is 0 Å². The lowest BCUT2D eigenvalue weighted by atomic mass is 10.1. The Balaban J connectivity index is 1.92. The molecule has 0 aliphatic carbocycles. The molecule has 0 amide bonds. The highest BCUT2D eigenvalue weighted by Gasteiger charge is 2.22. The van der Waals surface area contributed by atoms with Crippen molar-refractivity contribution in [1.29, 1.82) is 0 Å². The van der Waals surface area contributed by atoms with Crippen molar-refractivity contribution in [3.63, 3.8) is 0 Å². The molecule has 0 spiro atoms. The molecular formula is C16H15N3O2. The van der Waals surface area contributed by atoms with Gasteiger partial charge in [-0.1, -0.05) is 42.5 Å². The highest BCUT2D eigenvalue weighted by atomic mass is 16.5. The van der Waals surface area contributed by atoms with Gasteiger partial charge in [0, 0.05) is 0 Å². The quantitative estimate of drug-likeness (QED) is 0.722. The third-order valence-electron chi connectivity index (χ3n) is 3.24. The number of benzene rings is 2. The molecule has 1 aromatic heterocycles. The van der Waals surface area contributed by atoms with Crippen LogP contribution in [-0.4, -0.2) is 23.0 Å². The van der Waals surface area contributed by atoms with Crippen molar-refractivity contribution in [2.45, 2.75) is 6.04 Å². The number of fused-ring (bicyclic) bond motifs is 1. The number of esters is 1. The van der Waals surface area contributed by atoms with Crippen LogP contribution in [0.4, 0.5) is 5.95 Å². The molecule has 0 bridgehead atoms. The van der Waals surface area contributed by atoms with Crippen LogP contribution in [0.5, 0.6) is 0 Å². The van der Waals surface area contributed by atoms with E-state index in [-0.39, 0.29) is 5.97 Å². The molecule has 21 heavy (non-hydrogen) atoms. The van der Waals surface area contributed by atoms with Crippen LogP contribution in [0.2, 0.25) is 0 Å². The minimum atomic E-state index is -0.600. The summed E-state index contributed by atoms with van der Waals surface area (Å²) in [6.45, 7) is 0. The van der Waals surface area contributed by atoms with Gasteiger partial charge in [0.15, 0.2) is 6.04 Å². The molecule has 5 heteroatoms. The second-order valence-corrected chi connectivity index (χ2v) is 4.61. The van der Waals surface area contributed by atoms with Gasteiger partial charge in [-0.05, 0) is 17.7 Å². The van der Waals surface area contributed by atoms with Gasteiger partial charge in [0.05, 0.1) is 18.1 Å². The highest BCUT2D eigenvalue weighted by molar-refractivity contribution is 5.82. The van der Waals surface area contributed by atoms with Crippen molar-refractivity contribution in [2.24, 2.45) is 0 Å². The van der Waals surface area contributed by atoms with Crippen LogP contribution in [0.25, 0.3) is 11.0 Å². The fourth-order valence-electron chi connectivity index (χ4n) is 2.20. The van der Waals surface area contributed by atoms with Gasteiger partial charge >= 0.3 is 5.97 Å². The molecular weight excluding hydrogens is 266 g/mol. The van der Waals surface area contributed by atoms with E-state index in [1.807, 2.05) is 54.6 Å². The van der Waals surface area contributed by atoms with E-state index in [1.54, 1.807) is 0 Å². The van der Waals surface area contributed by atoms with E-state index in [2.05, 4.69) is 15.3 Å². The first-order valence-electron chi connectivity index (χ1n) is 6.62.